The van der Waals surface area contributed by atoms with Crippen molar-refractivity contribution >= 4 is 10.0 Å². The van der Waals surface area contributed by atoms with E-state index in [1.54, 1.807) is 6.07 Å². The lowest BCUT2D eigenvalue weighted by Gasteiger charge is -2.33. The van der Waals surface area contributed by atoms with Crippen molar-refractivity contribution in [1.82, 2.24) is 9.62 Å². The highest BCUT2D eigenvalue weighted by molar-refractivity contribution is 7.89. The highest BCUT2D eigenvalue weighted by Crippen LogP contribution is 2.24. The normalized spacial score (nSPS) is 20.3. The summed E-state index contributed by atoms with van der Waals surface area (Å²) in [7, 11) is -3.44. The molecule has 2 aromatic carbocycles. The van der Waals surface area contributed by atoms with E-state index in [9.17, 15) is 8.42 Å². The highest BCUT2D eigenvalue weighted by atomic mass is 32.2. The zero-order chi connectivity index (χ0) is 20.1. The van der Waals surface area contributed by atoms with E-state index in [0.717, 1.165) is 45.3 Å². The summed E-state index contributed by atoms with van der Waals surface area (Å²) in [6.45, 7) is 3.76. The lowest BCUT2D eigenvalue weighted by Crippen LogP contribution is -2.39. The van der Waals surface area contributed by atoms with Crippen molar-refractivity contribution in [2.24, 2.45) is 0 Å². The maximum absolute atomic E-state index is 12.7. The third-order valence-electron chi connectivity index (χ3n) is 5.90. The van der Waals surface area contributed by atoms with Crippen molar-refractivity contribution < 1.29 is 13.2 Å². The molecule has 0 spiro atoms. The monoisotopic (exact) mass is 414 g/mol. The summed E-state index contributed by atoms with van der Waals surface area (Å²) < 4.78 is 34.0. The number of ether oxygens (including phenoxy) is 1. The number of benzene rings is 2. The van der Waals surface area contributed by atoms with Crippen LogP contribution in [0.3, 0.4) is 0 Å². The van der Waals surface area contributed by atoms with E-state index >= 15 is 0 Å². The fraction of sp³-hybridized carbons (Fsp3) is 0.478. The predicted octanol–water partition coefficient (Wildman–Crippen LogP) is 3.31. The summed E-state index contributed by atoms with van der Waals surface area (Å²) in [6.07, 6.45) is 5.27. The molecule has 0 bridgehead atoms. The largest absolute Gasteiger partial charge is 0.371 e. The molecule has 0 aromatic heterocycles. The van der Waals surface area contributed by atoms with Gasteiger partial charge in [0.2, 0.25) is 10.0 Å². The molecule has 6 heteroatoms. The van der Waals surface area contributed by atoms with Crippen LogP contribution < -0.4 is 4.72 Å². The Morgan fingerprint density at radius 2 is 1.83 bits per heavy atom. The van der Waals surface area contributed by atoms with Gasteiger partial charge in [-0.2, -0.15) is 0 Å². The van der Waals surface area contributed by atoms with Crippen LogP contribution in [0.25, 0.3) is 0 Å². The van der Waals surface area contributed by atoms with Gasteiger partial charge in [0.15, 0.2) is 0 Å². The number of fused-ring (bicyclic) bond motifs is 1. The number of rotatable bonds is 7. The van der Waals surface area contributed by atoms with Gasteiger partial charge in [0.05, 0.1) is 17.6 Å². The fourth-order valence-corrected chi connectivity index (χ4v) is 5.37. The summed E-state index contributed by atoms with van der Waals surface area (Å²) in [4.78, 5) is 2.75. The molecule has 1 N–H and O–H groups in total. The Bertz CT molecular complexity index is 915. The Labute approximate surface area is 174 Å². The average Bonchev–Trinajstić information content (AvgIpc) is 2.77. The van der Waals surface area contributed by atoms with Crippen molar-refractivity contribution in [1.29, 1.82) is 0 Å². The molecule has 5 nitrogen and oxygen atoms in total. The van der Waals surface area contributed by atoms with Gasteiger partial charge >= 0.3 is 0 Å². The van der Waals surface area contributed by atoms with Crippen LogP contribution in [-0.4, -0.2) is 46.1 Å². The first-order valence-electron chi connectivity index (χ1n) is 10.6. The van der Waals surface area contributed by atoms with Gasteiger partial charge in [-0.25, -0.2) is 13.1 Å². The molecular weight excluding hydrogens is 384 g/mol. The van der Waals surface area contributed by atoms with Gasteiger partial charge in [0.25, 0.3) is 0 Å². The maximum atomic E-state index is 12.7. The fourth-order valence-electron chi connectivity index (χ4n) is 4.24. The molecule has 0 amide bonds. The molecule has 2 aliphatic rings. The number of nitrogens with zero attached hydrogens (tertiary/aromatic N) is 1. The molecule has 1 aliphatic carbocycles. The van der Waals surface area contributed by atoms with Gasteiger partial charge < -0.3 is 4.74 Å². The molecule has 0 unspecified atom stereocenters. The minimum atomic E-state index is -3.44. The van der Waals surface area contributed by atoms with Gasteiger partial charge in [-0.05, 0) is 67.5 Å². The van der Waals surface area contributed by atoms with Crippen LogP contribution in [0, 0.1) is 0 Å². The summed E-state index contributed by atoms with van der Waals surface area (Å²) in [6, 6.07) is 15.9. The summed E-state index contributed by atoms with van der Waals surface area (Å²) in [5.41, 5.74) is 3.69. The molecule has 1 saturated heterocycles. The topological polar surface area (TPSA) is 58.6 Å². The lowest BCUT2D eigenvalue weighted by atomic mass is 9.92. The van der Waals surface area contributed by atoms with Crippen molar-refractivity contribution in [2.75, 3.05) is 32.8 Å². The zero-order valence-electron chi connectivity index (χ0n) is 16.8. The Hall–Kier alpha value is -1.73. The number of aryl methyl sites for hydroxylation is 2. The molecule has 1 atom stereocenters. The van der Waals surface area contributed by atoms with E-state index < -0.39 is 10.0 Å². The Kier molecular flexibility index (Phi) is 6.65. The van der Waals surface area contributed by atoms with Crippen molar-refractivity contribution in [3.05, 3.63) is 65.2 Å². The average molecular weight is 415 g/mol. The van der Waals surface area contributed by atoms with Crippen LogP contribution in [0.2, 0.25) is 0 Å². The van der Waals surface area contributed by atoms with Gasteiger partial charge in [0.1, 0.15) is 0 Å². The van der Waals surface area contributed by atoms with E-state index in [2.05, 4.69) is 21.8 Å². The maximum Gasteiger partial charge on any atom is 0.240 e. The highest BCUT2D eigenvalue weighted by Gasteiger charge is 2.22. The summed E-state index contributed by atoms with van der Waals surface area (Å²) in [5.74, 6) is 0. The van der Waals surface area contributed by atoms with Crippen molar-refractivity contribution in [2.45, 2.75) is 43.1 Å². The van der Waals surface area contributed by atoms with Crippen LogP contribution >= 0.6 is 0 Å². The van der Waals surface area contributed by atoms with Gasteiger partial charge in [-0.15, -0.1) is 0 Å². The van der Waals surface area contributed by atoms with Crippen LogP contribution in [0.5, 0.6) is 0 Å². The van der Waals surface area contributed by atoms with Crippen molar-refractivity contribution in [3.63, 3.8) is 0 Å². The molecule has 1 heterocycles. The summed E-state index contributed by atoms with van der Waals surface area (Å²) >= 11 is 0. The molecule has 0 saturated carbocycles. The lowest BCUT2D eigenvalue weighted by molar-refractivity contribution is -0.0300. The number of hydrogen-bond donors (Lipinski definition) is 1. The third-order valence-corrected chi connectivity index (χ3v) is 7.35. The number of hydrogen-bond acceptors (Lipinski definition) is 4. The van der Waals surface area contributed by atoms with Crippen LogP contribution in [0.4, 0.5) is 0 Å². The molecule has 0 radical (unpaired) electrons. The van der Waals surface area contributed by atoms with Crippen LogP contribution in [0.1, 0.15) is 42.1 Å². The molecular formula is C23H30N2O3S. The van der Waals surface area contributed by atoms with Crippen LogP contribution in [0.15, 0.2) is 53.4 Å². The third kappa shape index (κ3) is 5.25. The van der Waals surface area contributed by atoms with Gasteiger partial charge in [-0.3, -0.25) is 4.90 Å². The second-order valence-corrected chi connectivity index (χ2v) is 9.73. The number of nitrogens with one attached hydrogen (secondary N) is 1. The van der Waals surface area contributed by atoms with Crippen LogP contribution in [-0.2, 0) is 27.6 Å². The molecule has 4 rings (SSSR count). The van der Waals surface area contributed by atoms with Crippen molar-refractivity contribution in [3.8, 4) is 0 Å². The number of sulfonamides is 1. The van der Waals surface area contributed by atoms with Gasteiger partial charge in [-0.1, -0.05) is 36.4 Å². The summed E-state index contributed by atoms with van der Waals surface area (Å²) in [5, 5.41) is 0. The van der Waals surface area contributed by atoms with Gasteiger partial charge in [0, 0.05) is 19.6 Å². The molecule has 156 valence electrons. The Morgan fingerprint density at radius 1 is 1.03 bits per heavy atom. The minimum Gasteiger partial charge on any atom is -0.371 e. The molecule has 1 fully saturated rings. The van der Waals surface area contributed by atoms with E-state index in [4.69, 9.17) is 4.74 Å². The number of morpholine rings is 1. The zero-order valence-corrected chi connectivity index (χ0v) is 17.7. The predicted molar refractivity (Wildman–Crippen MR) is 114 cm³/mol. The smallest absolute Gasteiger partial charge is 0.240 e. The standard InChI is InChI=1S/C23H30N2O3S/c26-29(27,22-12-11-19-7-4-5-10-21(19)17-22)24-13-6-14-25-15-16-28-23(18-25)20-8-2-1-3-9-20/h1-3,8-9,11-12,17,23-24H,4-7,10,13-16,18H2/t23-/m0/s1. The first-order valence-corrected chi connectivity index (χ1v) is 12.1. The molecule has 29 heavy (non-hydrogen) atoms. The van der Waals surface area contributed by atoms with E-state index in [0.29, 0.717) is 18.0 Å². The minimum absolute atomic E-state index is 0.0946. The Balaban J connectivity index is 1.26. The molecule has 1 aliphatic heterocycles. The quantitative estimate of drug-likeness (QED) is 0.706. The van der Waals surface area contributed by atoms with E-state index in [1.807, 2.05) is 30.3 Å². The second-order valence-electron chi connectivity index (χ2n) is 7.96. The van der Waals surface area contributed by atoms with E-state index in [1.165, 1.54) is 23.1 Å². The Morgan fingerprint density at radius 3 is 2.66 bits per heavy atom. The first-order chi connectivity index (χ1) is 14.1. The first kappa shape index (κ1) is 20.5. The molecule has 2 aromatic rings. The van der Waals surface area contributed by atoms with E-state index in [-0.39, 0.29) is 6.10 Å². The second kappa shape index (κ2) is 9.39. The SMILES string of the molecule is O=S(=O)(NCCCN1CCO[C@H](c2ccccc2)C1)c1ccc2c(c1)CCCC2.